The van der Waals surface area contributed by atoms with Gasteiger partial charge in [-0.05, 0) is 29.7 Å². The van der Waals surface area contributed by atoms with Gasteiger partial charge in [-0.25, -0.2) is 4.79 Å². The molecule has 0 aromatic heterocycles. The van der Waals surface area contributed by atoms with E-state index in [1.807, 2.05) is 12.1 Å². The smallest absolute Gasteiger partial charge is 0.342 e. The second kappa shape index (κ2) is 8.33. The molecule has 132 valence electrons. The molecule has 2 aromatic carbocycles. The maximum absolute atomic E-state index is 12.3. The number of esters is 1. The Morgan fingerprint density at radius 3 is 2.20 bits per heavy atom. The highest BCUT2D eigenvalue weighted by Crippen LogP contribution is 2.24. The van der Waals surface area contributed by atoms with Crippen molar-refractivity contribution >= 4 is 11.8 Å². The van der Waals surface area contributed by atoms with Gasteiger partial charge in [-0.15, -0.1) is 0 Å². The van der Waals surface area contributed by atoms with Gasteiger partial charge < -0.3 is 14.2 Å². The molecule has 0 radical (unpaired) electrons. The van der Waals surface area contributed by atoms with Gasteiger partial charge in [0, 0.05) is 5.56 Å². The summed E-state index contributed by atoms with van der Waals surface area (Å²) in [6.45, 7) is 3.83. The lowest BCUT2D eigenvalue weighted by Crippen LogP contribution is -2.15. The van der Waals surface area contributed by atoms with E-state index in [9.17, 15) is 9.59 Å². The first kappa shape index (κ1) is 18.5. The fraction of sp³-hybridized carbons (Fsp3) is 0.300. The van der Waals surface area contributed by atoms with Crippen LogP contribution in [0.1, 0.15) is 46.0 Å². The summed E-state index contributed by atoms with van der Waals surface area (Å²) in [4.78, 5) is 24.5. The van der Waals surface area contributed by atoms with E-state index >= 15 is 0 Å². The van der Waals surface area contributed by atoms with E-state index in [-0.39, 0.29) is 18.0 Å². The molecule has 0 saturated heterocycles. The summed E-state index contributed by atoms with van der Waals surface area (Å²) in [6.07, 6.45) is 0. The second-order valence-corrected chi connectivity index (χ2v) is 5.84. The van der Waals surface area contributed by atoms with Crippen LogP contribution in [0.15, 0.2) is 42.5 Å². The monoisotopic (exact) mass is 342 g/mol. The molecule has 0 saturated carbocycles. The Kier molecular flexibility index (Phi) is 6.17. The van der Waals surface area contributed by atoms with Gasteiger partial charge in [0.1, 0.15) is 17.1 Å². The van der Waals surface area contributed by atoms with Crippen LogP contribution in [0.3, 0.4) is 0 Å². The molecule has 0 spiro atoms. The lowest BCUT2D eigenvalue weighted by Gasteiger charge is -2.10. The van der Waals surface area contributed by atoms with Crippen LogP contribution >= 0.6 is 0 Å². The molecule has 0 bridgehead atoms. The SMILES string of the molecule is COc1ccc(OC)c(C(=O)OCC(=O)c2ccc(C(C)C)cc2)c1. The topological polar surface area (TPSA) is 61.8 Å². The zero-order valence-corrected chi connectivity index (χ0v) is 14.9. The number of benzene rings is 2. The van der Waals surface area contributed by atoms with Crippen LogP contribution in [0.5, 0.6) is 11.5 Å². The van der Waals surface area contributed by atoms with Crippen molar-refractivity contribution in [1.82, 2.24) is 0 Å². The Morgan fingerprint density at radius 2 is 1.64 bits per heavy atom. The Labute approximate surface area is 147 Å². The van der Waals surface area contributed by atoms with Crippen LogP contribution in [-0.4, -0.2) is 32.6 Å². The van der Waals surface area contributed by atoms with Gasteiger partial charge >= 0.3 is 5.97 Å². The molecule has 0 fully saturated rings. The first-order chi connectivity index (χ1) is 12.0. The highest BCUT2D eigenvalue weighted by Gasteiger charge is 2.17. The molecule has 0 heterocycles. The number of hydrogen-bond acceptors (Lipinski definition) is 5. The number of ketones is 1. The Morgan fingerprint density at radius 1 is 0.960 bits per heavy atom. The molecular formula is C20H22O5. The van der Waals surface area contributed by atoms with E-state index in [1.54, 1.807) is 24.3 Å². The minimum absolute atomic E-state index is 0.213. The lowest BCUT2D eigenvalue weighted by molar-refractivity contribution is 0.0471. The molecule has 0 aliphatic carbocycles. The van der Waals surface area contributed by atoms with Crippen molar-refractivity contribution in [2.45, 2.75) is 19.8 Å². The van der Waals surface area contributed by atoms with E-state index in [1.165, 1.54) is 20.3 Å². The fourth-order valence-electron chi connectivity index (χ4n) is 2.32. The maximum Gasteiger partial charge on any atom is 0.342 e. The van der Waals surface area contributed by atoms with E-state index in [2.05, 4.69) is 13.8 Å². The van der Waals surface area contributed by atoms with Crippen molar-refractivity contribution < 1.29 is 23.8 Å². The number of rotatable bonds is 7. The van der Waals surface area contributed by atoms with Gasteiger partial charge in [-0.3, -0.25) is 4.79 Å². The molecule has 25 heavy (non-hydrogen) atoms. The molecule has 0 aliphatic rings. The fourth-order valence-corrected chi connectivity index (χ4v) is 2.32. The summed E-state index contributed by atoms with van der Waals surface area (Å²) in [7, 11) is 2.96. The number of ether oxygens (including phenoxy) is 3. The molecule has 5 heteroatoms. The van der Waals surface area contributed by atoms with E-state index in [0.717, 1.165) is 5.56 Å². The Hall–Kier alpha value is -2.82. The summed E-state index contributed by atoms with van der Waals surface area (Å²) in [5, 5.41) is 0. The van der Waals surface area contributed by atoms with Crippen molar-refractivity contribution in [3.63, 3.8) is 0 Å². The van der Waals surface area contributed by atoms with Crippen molar-refractivity contribution in [1.29, 1.82) is 0 Å². The van der Waals surface area contributed by atoms with Crippen LogP contribution in [0, 0.1) is 0 Å². The van der Waals surface area contributed by atoms with Crippen molar-refractivity contribution in [2.75, 3.05) is 20.8 Å². The van der Waals surface area contributed by atoms with Crippen LogP contribution in [0.25, 0.3) is 0 Å². The van der Waals surface area contributed by atoms with Crippen molar-refractivity contribution in [3.8, 4) is 11.5 Å². The van der Waals surface area contributed by atoms with E-state index in [0.29, 0.717) is 23.0 Å². The Bertz CT molecular complexity index is 747. The standard InChI is InChI=1S/C20H22O5/c1-13(2)14-5-7-15(8-6-14)18(21)12-25-20(22)17-11-16(23-3)9-10-19(17)24-4/h5-11,13H,12H2,1-4H3. The molecule has 2 aromatic rings. The molecule has 0 unspecified atom stereocenters. The van der Waals surface area contributed by atoms with Gasteiger partial charge in [-0.1, -0.05) is 38.1 Å². The van der Waals surface area contributed by atoms with Crippen LogP contribution in [0.4, 0.5) is 0 Å². The first-order valence-corrected chi connectivity index (χ1v) is 7.98. The zero-order valence-electron chi connectivity index (χ0n) is 14.9. The molecule has 2 rings (SSSR count). The summed E-state index contributed by atoms with van der Waals surface area (Å²) in [5.41, 5.74) is 1.87. The third kappa shape index (κ3) is 4.59. The van der Waals surface area contributed by atoms with Crippen LogP contribution in [-0.2, 0) is 4.74 Å². The maximum atomic E-state index is 12.3. The highest BCUT2D eigenvalue weighted by atomic mass is 16.5. The van der Waals surface area contributed by atoms with Crippen molar-refractivity contribution in [2.24, 2.45) is 0 Å². The third-order valence-corrected chi connectivity index (χ3v) is 3.86. The second-order valence-electron chi connectivity index (χ2n) is 5.84. The van der Waals surface area contributed by atoms with Gasteiger partial charge in [0.15, 0.2) is 12.4 Å². The van der Waals surface area contributed by atoms with Gasteiger partial charge in [-0.2, -0.15) is 0 Å². The third-order valence-electron chi connectivity index (χ3n) is 3.86. The molecular weight excluding hydrogens is 320 g/mol. The van der Waals surface area contributed by atoms with E-state index in [4.69, 9.17) is 14.2 Å². The predicted octanol–water partition coefficient (Wildman–Crippen LogP) is 3.87. The lowest BCUT2D eigenvalue weighted by atomic mass is 10.0. The quantitative estimate of drug-likeness (QED) is 0.565. The number of methoxy groups -OCH3 is 2. The number of hydrogen-bond donors (Lipinski definition) is 0. The van der Waals surface area contributed by atoms with Gasteiger partial charge in [0.05, 0.1) is 14.2 Å². The average molecular weight is 342 g/mol. The average Bonchev–Trinajstić information content (AvgIpc) is 2.65. The first-order valence-electron chi connectivity index (χ1n) is 7.98. The Balaban J connectivity index is 2.05. The van der Waals surface area contributed by atoms with Crippen LogP contribution in [0.2, 0.25) is 0 Å². The minimum atomic E-state index is -0.636. The van der Waals surface area contributed by atoms with Gasteiger partial charge in [0.2, 0.25) is 0 Å². The molecule has 0 amide bonds. The number of Topliss-reactive ketones (excluding diaryl/α,β-unsaturated/α-hetero) is 1. The summed E-state index contributed by atoms with van der Waals surface area (Å²) < 4.78 is 15.4. The summed E-state index contributed by atoms with van der Waals surface area (Å²) in [6, 6.07) is 12.1. The molecule has 0 aliphatic heterocycles. The zero-order chi connectivity index (χ0) is 18.4. The van der Waals surface area contributed by atoms with E-state index < -0.39 is 5.97 Å². The number of carbonyl (C=O) groups is 2. The largest absolute Gasteiger partial charge is 0.497 e. The normalized spacial score (nSPS) is 10.4. The van der Waals surface area contributed by atoms with Crippen molar-refractivity contribution in [3.05, 3.63) is 59.2 Å². The predicted molar refractivity (Wildman–Crippen MR) is 94.7 cm³/mol. The summed E-state index contributed by atoms with van der Waals surface area (Å²) >= 11 is 0. The van der Waals surface area contributed by atoms with Gasteiger partial charge in [0.25, 0.3) is 0 Å². The van der Waals surface area contributed by atoms with Crippen LogP contribution < -0.4 is 9.47 Å². The molecule has 0 N–H and O–H groups in total. The summed E-state index contributed by atoms with van der Waals surface area (Å²) in [5.74, 6) is 0.360. The number of carbonyl (C=O) groups excluding carboxylic acids is 2. The highest BCUT2D eigenvalue weighted by molar-refractivity contribution is 6.00. The molecule has 0 atom stereocenters. The minimum Gasteiger partial charge on any atom is -0.497 e. The molecule has 5 nitrogen and oxygen atoms in total.